The van der Waals surface area contributed by atoms with Crippen LogP contribution in [0.5, 0.6) is 0 Å². The fourth-order valence-corrected chi connectivity index (χ4v) is 2.12. The van der Waals surface area contributed by atoms with Crippen LogP contribution in [0.15, 0.2) is 12.3 Å². The van der Waals surface area contributed by atoms with Gasteiger partial charge < -0.3 is 9.31 Å². The number of rotatable bonds is 2. The zero-order valence-electron chi connectivity index (χ0n) is 12.4. The first-order chi connectivity index (χ1) is 9.18. The van der Waals surface area contributed by atoms with Gasteiger partial charge in [-0.15, -0.1) is 0 Å². The molecule has 1 atom stereocenters. The second-order valence-corrected chi connectivity index (χ2v) is 6.48. The Morgan fingerprint density at radius 1 is 1.30 bits per heavy atom. The van der Waals surface area contributed by atoms with E-state index in [4.69, 9.17) is 26.2 Å². The van der Waals surface area contributed by atoms with Gasteiger partial charge in [0.1, 0.15) is 0 Å². The number of aromatic nitrogens is 1. The normalized spacial score (nSPS) is 21.6. The molecule has 0 bridgehead atoms. The van der Waals surface area contributed by atoms with Crippen LogP contribution in [0.4, 0.5) is 0 Å². The number of halogens is 1. The van der Waals surface area contributed by atoms with Crippen LogP contribution in [0.3, 0.4) is 0 Å². The maximum Gasteiger partial charge on any atom is 0.496 e. The van der Waals surface area contributed by atoms with Crippen LogP contribution >= 0.6 is 11.6 Å². The van der Waals surface area contributed by atoms with Crippen LogP contribution in [0, 0.1) is 11.3 Å². The Kier molecular flexibility index (Phi) is 3.85. The maximum absolute atomic E-state index is 8.99. The summed E-state index contributed by atoms with van der Waals surface area (Å²) in [5.41, 5.74) is 0.537. The van der Waals surface area contributed by atoms with E-state index in [1.165, 1.54) is 0 Å². The lowest BCUT2D eigenvalue weighted by atomic mass is 9.78. The van der Waals surface area contributed by atoms with Crippen molar-refractivity contribution < 1.29 is 9.31 Å². The third kappa shape index (κ3) is 2.56. The van der Waals surface area contributed by atoms with Gasteiger partial charge >= 0.3 is 7.12 Å². The van der Waals surface area contributed by atoms with Crippen molar-refractivity contribution in [1.82, 2.24) is 4.98 Å². The average Bonchev–Trinajstić information content (AvgIpc) is 2.58. The highest BCUT2D eigenvalue weighted by Gasteiger charge is 2.52. The standard InChI is InChI=1S/C14H18BClN2O2/c1-9(7-17)12-6-10(11(16)8-18-12)15-19-13(2,3)14(4,5)20-15/h6,8-9H,1-5H3. The molecule has 1 aromatic heterocycles. The summed E-state index contributed by atoms with van der Waals surface area (Å²) in [4.78, 5) is 4.19. The van der Waals surface area contributed by atoms with Gasteiger partial charge in [-0.25, -0.2) is 0 Å². The number of pyridine rings is 1. The Hall–Kier alpha value is -1.09. The molecular weight excluding hydrogens is 274 g/mol. The van der Waals surface area contributed by atoms with Crippen molar-refractivity contribution >= 4 is 24.2 Å². The molecule has 4 nitrogen and oxygen atoms in total. The smallest absolute Gasteiger partial charge is 0.399 e. The summed E-state index contributed by atoms with van der Waals surface area (Å²) in [6.07, 6.45) is 1.55. The van der Waals surface area contributed by atoms with E-state index in [9.17, 15) is 0 Å². The van der Waals surface area contributed by atoms with Crippen molar-refractivity contribution in [3.8, 4) is 6.07 Å². The second kappa shape index (κ2) is 5.03. The Morgan fingerprint density at radius 2 is 1.85 bits per heavy atom. The van der Waals surface area contributed by atoms with Gasteiger partial charge in [0.25, 0.3) is 0 Å². The van der Waals surface area contributed by atoms with Crippen LogP contribution in [0.25, 0.3) is 0 Å². The molecule has 0 N–H and O–H groups in total. The first-order valence-electron chi connectivity index (χ1n) is 6.58. The Bertz CT molecular complexity index is 553. The highest BCUT2D eigenvalue weighted by atomic mass is 35.5. The SMILES string of the molecule is CC(C#N)c1cc(B2OC(C)(C)C(C)(C)O2)c(Cl)cn1. The quantitative estimate of drug-likeness (QED) is 0.786. The van der Waals surface area contributed by atoms with Crippen molar-refractivity contribution in [3.05, 3.63) is 23.0 Å². The van der Waals surface area contributed by atoms with Gasteiger partial charge in [-0.1, -0.05) is 11.6 Å². The molecule has 1 aromatic rings. The Balaban J connectivity index is 2.38. The van der Waals surface area contributed by atoms with Gasteiger partial charge in [-0.05, 0) is 40.7 Å². The van der Waals surface area contributed by atoms with E-state index >= 15 is 0 Å². The number of nitrogens with zero attached hydrogens (tertiary/aromatic N) is 2. The van der Waals surface area contributed by atoms with E-state index in [-0.39, 0.29) is 5.92 Å². The van der Waals surface area contributed by atoms with Crippen LogP contribution in [0.1, 0.15) is 46.2 Å². The first-order valence-corrected chi connectivity index (χ1v) is 6.96. The van der Waals surface area contributed by atoms with Crippen molar-refractivity contribution in [1.29, 1.82) is 5.26 Å². The van der Waals surface area contributed by atoms with Crippen molar-refractivity contribution in [2.75, 3.05) is 0 Å². The zero-order chi connectivity index (χ0) is 15.1. The van der Waals surface area contributed by atoms with E-state index in [2.05, 4.69) is 11.1 Å². The first kappa shape index (κ1) is 15.3. The molecule has 0 radical (unpaired) electrons. The molecule has 1 saturated heterocycles. The molecule has 6 heteroatoms. The van der Waals surface area contributed by atoms with E-state index in [1.807, 2.05) is 27.7 Å². The van der Waals surface area contributed by atoms with E-state index in [0.29, 0.717) is 10.7 Å². The van der Waals surface area contributed by atoms with Crippen molar-refractivity contribution in [3.63, 3.8) is 0 Å². The predicted octanol–water partition coefficient (Wildman–Crippen LogP) is 2.66. The van der Waals surface area contributed by atoms with Gasteiger partial charge in [0, 0.05) is 11.7 Å². The fourth-order valence-electron chi connectivity index (χ4n) is 1.92. The minimum Gasteiger partial charge on any atom is -0.399 e. The summed E-state index contributed by atoms with van der Waals surface area (Å²) in [7, 11) is -0.542. The predicted molar refractivity (Wildman–Crippen MR) is 79.0 cm³/mol. The molecule has 20 heavy (non-hydrogen) atoms. The van der Waals surface area contributed by atoms with Crippen LogP contribution < -0.4 is 5.46 Å². The van der Waals surface area contributed by atoms with Crippen LogP contribution in [-0.4, -0.2) is 23.3 Å². The molecule has 0 aromatic carbocycles. The lowest BCUT2D eigenvalue weighted by molar-refractivity contribution is 0.00578. The second-order valence-electron chi connectivity index (χ2n) is 6.07. The lowest BCUT2D eigenvalue weighted by Crippen LogP contribution is -2.41. The molecule has 0 amide bonds. The van der Waals surface area contributed by atoms with Crippen molar-refractivity contribution in [2.45, 2.75) is 51.7 Å². The number of hydrogen-bond acceptors (Lipinski definition) is 4. The van der Waals surface area contributed by atoms with Gasteiger partial charge in [-0.2, -0.15) is 5.26 Å². The van der Waals surface area contributed by atoms with E-state index < -0.39 is 18.3 Å². The van der Waals surface area contributed by atoms with Gasteiger partial charge in [0.15, 0.2) is 0 Å². The highest BCUT2D eigenvalue weighted by Crippen LogP contribution is 2.37. The van der Waals surface area contributed by atoms with Crippen molar-refractivity contribution in [2.24, 2.45) is 0 Å². The molecule has 0 aliphatic carbocycles. The number of hydrogen-bond donors (Lipinski definition) is 0. The maximum atomic E-state index is 8.99. The Labute approximate surface area is 125 Å². The topological polar surface area (TPSA) is 55.1 Å². The molecule has 0 spiro atoms. The minimum absolute atomic E-state index is 0.298. The third-order valence-electron chi connectivity index (χ3n) is 4.05. The molecule has 1 unspecified atom stereocenters. The Morgan fingerprint density at radius 3 is 2.35 bits per heavy atom. The largest absolute Gasteiger partial charge is 0.496 e. The summed E-state index contributed by atoms with van der Waals surface area (Å²) in [6, 6.07) is 3.95. The number of nitriles is 1. The molecule has 106 valence electrons. The van der Waals surface area contributed by atoms with Crippen LogP contribution in [-0.2, 0) is 9.31 Å². The van der Waals surface area contributed by atoms with Gasteiger partial charge in [-0.3, -0.25) is 4.98 Å². The average molecular weight is 293 g/mol. The monoisotopic (exact) mass is 292 g/mol. The minimum atomic E-state index is -0.542. The van der Waals surface area contributed by atoms with Crippen LogP contribution in [0.2, 0.25) is 5.02 Å². The molecule has 0 saturated carbocycles. The zero-order valence-corrected chi connectivity index (χ0v) is 13.2. The summed E-state index contributed by atoms with van der Waals surface area (Å²) in [5.74, 6) is -0.298. The lowest BCUT2D eigenvalue weighted by Gasteiger charge is -2.32. The van der Waals surface area contributed by atoms with Gasteiger partial charge in [0.05, 0.1) is 33.9 Å². The van der Waals surface area contributed by atoms with E-state index in [0.717, 1.165) is 5.46 Å². The van der Waals surface area contributed by atoms with Gasteiger partial charge in [0.2, 0.25) is 0 Å². The third-order valence-corrected chi connectivity index (χ3v) is 4.37. The molecule has 1 aliphatic rings. The summed E-state index contributed by atoms with van der Waals surface area (Å²) >= 11 is 6.20. The summed E-state index contributed by atoms with van der Waals surface area (Å²) in [6.45, 7) is 9.74. The summed E-state index contributed by atoms with van der Waals surface area (Å²) in [5, 5.41) is 9.48. The molecule has 1 aliphatic heterocycles. The summed E-state index contributed by atoms with van der Waals surface area (Å²) < 4.78 is 12.0. The molecule has 2 rings (SSSR count). The van der Waals surface area contributed by atoms with E-state index in [1.54, 1.807) is 19.2 Å². The molecule has 2 heterocycles. The fraction of sp³-hybridized carbons (Fsp3) is 0.571. The highest BCUT2D eigenvalue weighted by molar-refractivity contribution is 6.65. The molecule has 1 fully saturated rings. The molecular formula is C14H18BClN2O2.